The molecule has 0 unspecified atom stereocenters. The summed E-state index contributed by atoms with van der Waals surface area (Å²) in [5.41, 5.74) is 2.25. The zero-order valence-electron chi connectivity index (χ0n) is 18.6. The molecule has 0 fully saturated rings. The summed E-state index contributed by atoms with van der Waals surface area (Å²) >= 11 is 11.9. The summed E-state index contributed by atoms with van der Waals surface area (Å²) < 4.78 is 35.0. The normalized spacial score (nSPS) is 12.9. The van der Waals surface area contributed by atoms with E-state index in [1.165, 1.54) is 12.1 Å². The van der Waals surface area contributed by atoms with Gasteiger partial charge in [-0.25, -0.2) is 4.99 Å². The van der Waals surface area contributed by atoms with Crippen molar-refractivity contribution in [2.24, 2.45) is 10.1 Å². The number of nitrogens with one attached hydrogen (secondary N) is 1. The van der Waals surface area contributed by atoms with Crippen molar-refractivity contribution < 1.29 is 13.0 Å². The lowest BCUT2D eigenvalue weighted by molar-refractivity contribution is 0.481. The van der Waals surface area contributed by atoms with Crippen molar-refractivity contribution in [3.05, 3.63) is 131 Å². The van der Waals surface area contributed by atoms with E-state index in [-0.39, 0.29) is 26.6 Å². The molecule has 0 radical (unpaired) electrons. The van der Waals surface area contributed by atoms with Crippen LogP contribution in [0.15, 0.2) is 103 Å². The lowest BCUT2D eigenvalue weighted by Crippen LogP contribution is -2.33. The molecule has 11 heteroatoms. The predicted molar refractivity (Wildman–Crippen MR) is 141 cm³/mol. The van der Waals surface area contributed by atoms with Gasteiger partial charge >= 0.3 is 0 Å². The van der Waals surface area contributed by atoms with Crippen LogP contribution in [-0.2, 0) is 10.1 Å². The van der Waals surface area contributed by atoms with E-state index in [1.807, 2.05) is 0 Å². The number of anilines is 1. The summed E-state index contributed by atoms with van der Waals surface area (Å²) in [6.07, 6.45) is 0. The van der Waals surface area contributed by atoms with Crippen LogP contribution < -0.4 is 27.0 Å². The van der Waals surface area contributed by atoms with E-state index < -0.39 is 31.2 Å². The topological polar surface area (TPSA) is 125 Å². The van der Waals surface area contributed by atoms with Crippen LogP contribution in [0.3, 0.4) is 0 Å². The molecule has 2 aliphatic rings. The second-order valence-corrected chi connectivity index (χ2v) is 10.3. The molecule has 5 rings (SSSR count). The highest BCUT2D eigenvalue weighted by Gasteiger charge is 2.20. The van der Waals surface area contributed by atoms with Gasteiger partial charge in [-0.3, -0.25) is 19.6 Å². The maximum Gasteiger partial charge on any atom is 0.296 e. The largest absolute Gasteiger partial charge is 0.296 e. The quantitative estimate of drug-likeness (QED) is 0.258. The fourth-order valence-electron chi connectivity index (χ4n) is 3.93. The molecule has 2 N–H and O–H groups in total. The molecular formula is C26H15Cl2N3O5S. The number of benzene rings is 3. The molecule has 0 saturated heterocycles. The van der Waals surface area contributed by atoms with Gasteiger partial charge in [-0.2, -0.15) is 13.5 Å². The minimum atomic E-state index is -4.92. The van der Waals surface area contributed by atoms with E-state index in [4.69, 9.17) is 23.2 Å². The van der Waals surface area contributed by atoms with Crippen molar-refractivity contribution >= 4 is 55.5 Å². The Morgan fingerprint density at radius 3 is 1.86 bits per heavy atom. The molecule has 0 atom stereocenters. The van der Waals surface area contributed by atoms with E-state index in [9.17, 15) is 22.6 Å². The lowest BCUT2D eigenvalue weighted by Gasteiger charge is -2.06. The molecule has 0 spiro atoms. The minimum absolute atomic E-state index is 0.0767. The van der Waals surface area contributed by atoms with Crippen LogP contribution in [0.5, 0.6) is 0 Å². The summed E-state index contributed by atoms with van der Waals surface area (Å²) in [4.78, 5) is 31.0. The molecule has 0 saturated carbocycles. The number of hydrogen-bond acceptors (Lipinski definition) is 7. The van der Waals surface area contributed by atoms with Gasteiger partial charge < -0.3 is 0 Å². The third kappa shape index (κ3) is 4.77. The van der Waals surface area contributed by atoms with Gasteiger partial charge in [-0.05, 0) is 54.6 Å². The Morgan fingerprint density at radius 1 is 0.757 bits per heavy atom. The van der Waals surface area contributed by atoms with Crippen LogP contribution in [0.4, 0.5) is 11.4 Å². The molecule has 3 aromatic rings. The van der Waals surface area contributed by atoms with Crippen LogP contribution >= 0.6 is 23.2 Å². The van der Waals surface area contributed by atoms with Gasteiger partial charge in [0, 0.05) is 20.8 Å². The molecule has 37 heavy (non-hydrogen) atoms. The second-order valence-electron chi connectivity index (χ2n) is 7.99. The fraction of sp³-hybridized carbons (Fsp3) is 0. The Morgan fingerprint density at radius 2 is 1.30 bits per heavy atom. The van der Waals surface area contributed by atoms with Crippen molar-refractivity contribution in [1.29, 1.82) is 0 Å². The molecule has 0 aliphatic heterocycles. The Labute approximate surface area is 218 Å². The number of fused-ring (bicyclic) bond motifs is 1. The van der Waals surface area contributed by atoms with E-state index >= 15 is 0 Å². The first kappa shape index (κ1) is 24.8. The summed E-state index contributed by atoms with van der Waals surface area (Å²) in [6.45, 7) is 0. The van der Waals surface area contributed by atoms with E-state index in [0.717, 1.165) is 6.07 Å². The third-order valence-corrected chi connectivity index (χ3v) is 6.98. The molecule has 0 aromatic heterocycles. The molecule has 0 bridgehead atoms. The Balaban J connectivity index is 2.03. The summed E-state index contributed by atoms with van der Waals surface area (Å²) in [5, 5.41) is 4.29. The highest BCUT2D eigenvalue weighted by molar-refractivity contribution is 7.85. The van der Waals surface area contributed by atoms with E-state index in [2.05, 4.69) is 15.5 Å². The van der Waals surface area contributed by atoms with E-state index in [1.54, 1.807) is 60.7 Å². The second kappa shape index (κ2) is 9.53. The van der Waals surface area contributed by atoms with Gasteiger partial charge in [0.05, 0.1) is 27.2 Å². The highest BCUT2D eigenvalue weighted by atomic mass is 35.5. The Hall–Kier alpha value is -3.89. The molecule has 184 valence electrons. The van der Waals surface area contributed by atoms with Crippen molar-refractivity contribution in [2.75, 3.05) is 5.43 Å². The first-order valence-corrected chi connectivity index (χ1v) is 12.9. The lowest BCUT2D eigenvalue weighted by atomic mass is 10.0. The monoisotopic (exact) mass is 551 g/mol. The van der Waals surface area contributed by atoms with E-state index in [0.29, 0.717) is 21.4 Å². The Bertz CT molecular complexity index is 2090. The fourth-order valence-corrected chi connectivity index (χ4v) is 4.83. The zero-order valence-corrected chi connectivity index (χ0v) is 21.0. The number of halogens is 2. The van der Waals surface area contributed by atoms with Crippen LogP contribution in [0, 0.1) is 10.4 Å². The van der Waals surface area contributed by atoms with Crippen LogP contribution in [0.1, 0.15) is 0 Å². The van der Waals surface area contributed by atoms with Gasteiger partial charge in [0.15, 0.2) is 10.9 Å². The zero-order chi connectivity index (χ0) is 26.3. The van der Waals surface area contributed by atoms with Crippen molar-refractivity contribution in [3.8, 4) is 0 Å². The SMILES string of the molecule is O=c1c2c(=Nc3ccc(Cl)cc3)cc(S(=O)(=O)O)c(=NNc3ccc(Cl)cc3)c=2c(=O)c2ccccc12. The third-order valence-electron chi connectivity index (χ3n) is 5.61. The maximum atomic E-state index is 13.7. The van der Waals surface area contributed by atoms with Crippen molar-refractivity contribution in [3.63, 3.8) is 0 Å². The number of hydrogen-bond donors (Lipinski definition) is 2. The molecule has 2 aliphatic carbocycles. The maximum absolute atomic E-state index is 13.7. The first-order valence-electron chi connectivity index (χ1n) is 10.7. The average molecular weight is 552 g/mol. The minimum Gasteiger partial charge on any atom is -0.288 e. The van der Waals surface area contributed by atoms with Crippen LogP contribution in [0.2, 0.25) is 10.0 Å². The first-order chi connectivity index (χ1) is 17.6. The summed E-state index contributed by atoms with van der Waals surface area (Å²) in [5.74, 6) is 0. The molecule has 8 nitrogen and oxygen atoms in total. The predicted octanol–water partition coefficient (Wildman–Crippen LogP) is 3.87. The molecule has 3 aromatic carbocycles. The van der Waals surface area contributed by atoms with Crippen molar-refractivity contribution in [2.45, 2.75) is 4.90 Å². The number of rotatable bonds is 4. The van der Waals surface area contributed by atoms with Crippen molar-refractivity contribution in [1.82, 2.24) is 0 Å². The molecule has 0 heterocycles. The average Bonchev–Trinajstić information content (AvgIpc) is 2.87. The standard InChI is InChI=1S/C26H15Cl2N3O5S/c27-14-5-9-16(10-6-14)29-20-13-21(37(34,35)36)24(31-30-17-11-7-15(28)8-12-17)23-22(20)25(32)18-3-1-2-4-19(18)26(23)33/h1-13,30H,(H,34,35,36). The van der Waals surface area contributed by atoms with Crippen LogP contribution in [-0.4, -0.2) is 13.0 Å². The van der Waals surface area contributed by atoms with Gasteiger partial charge in [0.1, 0.15) is 10.3 Å². The summed E-state index contributed by atoms with van der Waals surface area (Å²) in [7, 11) is -4.92. The highest BCUT2D eigenvalue weighted by Crippen LogP contribution is 2.16. The van der Waals surface area contributed by atoms with Gasteiger partial charge in [0.2, 0.25) is 0 Å². The number of nitrogens with zero attached hydrogens (tertiary/aromatic N) is 2. The van der Waals surface area contributed by atoms with Crippen LogP contribution in [0.25, 0.3) is 10.8 Å². The molecular weight excluding hydrogens is 537 g/mol. The molecule has 0 amide bonds. The van der Waals surface area contributed by atoms with Gasteiger partial charge in [-0.1, -0.05) is 47.5 Å². The van der Waals surface area contributed by atoms with Gasteiger partial charge in [0.25, 0.3) is 10.1 Å². The smallest absolute Gasteiger partial charge is 0.288 e. The van der Waals surface area contributed by atoms with Gasteiger partial charge in [-0.15, -0.1) is 0 Å². The summed E-state index contributed by atoms with van der Waals surface area (Å²) in [6, 6.07) is 19.8. The Kier molecular flexibility index (Phi) is 6.38.